The van der Waals surface area contributed by atoms with Crippen LogP contribution in [0.5, 0.6) is 0 Å². The Labute approximate surface area is 128 Å². The fourth-order valence-electron chi connectivity index (χ4n) is 2.17. The largest absolute Gasteiger partial charge is 0.115 e. The highest BCUT2D eigenvalue weighted by atomic mass is 14.0. The molecule has 0 aliphatic carbocycles. The molecule has 0 radical (unpaired) electrons. The summed E-state index contributed by atoms with van der Waals surface area (Å²) in [7, 11) is 0. The number of rotatable bonds is 3. The third-order valence-corrected chi connectivity index (χ3v) is 3.51. The Bertz CT molecular complexity index is 700. The van der Waals surface area contributed by atoms with Gasteiger partial charge in [-0.25, -0.2) is 0 Å². The molecule has 0 heterocycles. The van der Waals surface area contributed by atoms with E-state index in [1.807, 2.05) is 25.1 Å². The van der Waals surface area contributed by atoms with Gasteiger partial charge in [0.15, 0.2) is 0 Å². The summed E-state index contributed by atoms with van der Waals surface area (Å²) in [6.45, 7) is 4.26. The van der Waals surface area contributed by atoms with E-state index >= 15 is 0 Å². The Hall–Kier alpha value is -2.44. The molecule has 0 amide bonds. The van der Waals surface area contributed by atoms with Crippen LogP contribution in [0.25, 0.3) is 0 Å². The predicted octanol–water partition coefficient (Wildman–Crippen LogP) is 4.72. The summed E-state index contributed by atoms with van der Waals surface area (Å²) in [5, 5.41) is 0. The van der Waals surface area contributed by atoms with Gasteiger partial charge in [0, 0.05) is 16.7 Å². The second kappa shape index (κ2) is 7.37. The molecule has 0 bridgehead atoms. The lowest BCUT2D eigenvalue weighted by atomic mass is 10.0. The Balaban J connectivity index is 2.14. The van der Waals surface area contributed by atoms with E-state index < -0.39 is 0 Å². The lowest BCUT2D eigenvalue weighted by molar-refractivity contribution is 0.795. The summed E-state index contributed by atoms with van der Waals surface area (Å²) in [5.41, 5.74) is 5.49. The van der Waals surface area contributed by atoms with Crippen LogP contribution < -0.4 is 0 Å². The fourth-order valence-corrected chi connectivity index (χ4v) is 2.17. The molecule has 0 aliphatic heterocycles. The van der Waals surface area contributed by atoms with Crippen molar-refractivity contribution in [2.24, 2.45) is 0 Å². The van der Waals surface area contributed by atoms with Crippen LogP contribution in [-0.2, 0) is 6.42 Å². The first-order valence-electron chi connectivity index (χ1n) is 7.41. The van der Waals surface area contributed by atoms with E-state index in [-0.39, 0.29) is 0 Å². The quantitative estimate of drug-likeness (QED) is 0.709. The molecule has 0 spiro atoms. The Morgan fingerprint density at radius 1 is 0.952 bits per heavy atom. The number of terminal acetylenes is 1. The van der Waals surface area contributed by atoms with Gasteiger partial charge in [0.2, 0.25) is 0 Å². The van der Waals surface area contributed by atoms with Crippen LogP contribution in [-0.4, -0.2) is 0 Å². The Kier molecular flexibility index (Phi) is 5.25. The van der Waals surface area contributed by atoms with E-state index in [1.165, 1.54) is 18.4 Å². The van der Waals surface area contributed by atoms with Crippen LogP contribution in [0.3, 0.4) is 0 Å². The summed E-state index contributed by atoms with van der Waals surface area (Å²) >= 11 is 0. The molecular weight excluding hydrogens is 252 g/mol. The van der Waals surface area contributed by atoms with E-state index in [0.717, 1.165) is 28.7 Å². The van der Waals surface area contributed by atoms with Gasteiger partial charge in [-0.3, -0.25) is 0 Å². The van der Waals surface area contributed by atoms with Crippen molar-refractivity contribution < 1.29 is 0 Å². The normalized spacial score (nSPS) is 9.57. The summed E-state index contributed by atoms with van der Waals surface area (Å²) in [4.78, 5) is 0. The van der Waals surface area contributed by atoms with Gasteiger partial charge in [0.1, 0.15) is 0 Å². The minimum atomic E-state index is 0.901. The third-order valence-electron chi connectivity index (χ3n) is 3.51. The molecule has 0 unspecified atom stereocenters. The highest BCUT2D eigenvalue weighted by Gasteiger charge is 1.96. The standard InChI is InChI=1S/C21H20/c1-4-6-7-19-8-10-20(11-9-19)13-15-21-14-12-18(5-2)16-17(21)3/h2,8-12,14,16H,4,6-7H2,1,3H3. The van der Waals surface area contributed by atoms with E-state index in [9.17, 15) is 0 Å². The van der Waals surface area contributed by atoms with Gasteiger partial charge < -0.3 is 0 Å². The van der Waals surface area contributed by atoms with E-state index in [2.05, 4.69) is 49.0 Å². The molecule has 0 heteroatoms. The van der Waals surface area contributed by atoms with Gasteiger partial charge in [-0.2, -0.15) is 0 Å². The molecule has 2 rings (SSSR count). The number of benzene rings is 2. The minimum Gasteiger partial charge on any atom is -0.115 e. The van der Waals surface area contributed by atoms with Crippen molar-refractivity contribution in [3.05, 3.63) is 70.3 Å². The van der Waals surface area contributed by atoms with Gasteiger partial charge in [0.25, 0.3) is 0 Å². The maximum Gasteiger partial charge on any atom is 0.0279 e. The summed E-state index contributed by atoms with van der Waals surface area (Å²) in [6, 6.07) is 14.5. The molecule has 2 aromatic rings. The molecule has 0 fully saturated rings. The first-order chi connectivity index (χ1) is 10.2. The molecule has 21 heavy (non-hydrogen) atoms. The Morgan fingerprint density at radius 2 is 1.67 bits per heavy atom. The van der Waals surface area contributed by atoms with Crippen molar-refractivity contribution in [3.8, 4) is 24.2 Å². The second-order valence-corrected chi connectivity index (χ2v) is 5.22. The average molecular weight is 272 g/mol. The van der Waals surface area contributed by atoms with Gasteiger partial charge >= 0.3 is 0 Å². The number of hydrogen-bond acceptors (Lipinski definition) is 0. The molecule has 0 aliphatic rings. The van der Waals surface area contributed by atoms with Gasteiger partial charge in [-0.05, 0) is 61.2 Å². The van der Waals surface area contributed by atoms with Crippen LogP contribution in [0, 0.1) is 31.1 Å². The molecule has 0 saturated carbocycles. The van der Waals surface area contributed by atoms with Crippen molar-refractivity contribution in [1.82, 2.24) is 0 Å². The zero-order valence-electron chi connectivity index (χ0n) is 12.7. The third kappa shape index (κ3) is 4.27. The van der Waals surface area contributed by atoms with Gasteiger partial charge in [-0.1, -0.05) is 43.2 Å². The molecule has 0 aromatic heterocycles. The van der Waals surface area contributed by atoms with Crippen molar-refractivity contribution >= 4 is 0 Å². The van der Waals surface area contributed by atoms with Crippen molar-refractivity contribution in [1.29, 1.82) is 0 Å². The highest BCUT2D eigenvalue weighted by molar-refractivity contribution is 5.49. The molecule has 0 atom stereocenters. The molecule has 104 valence electrons. The first kappa shape index (κ1) is 15.0. The van der Waals surface area contributed by atoms with Crippen LogP contribution in [0.2, 0.25) is 0 Å². The van der Waals surface area contributed by atoms with Gasteiger partial charge in [0.05, 0.1) is 0 Å². The van der Waals surface area contributed by atoms with Crippen molar-refractivity contribution in [3.63, 3.8) is 0 Å². The fraction of sp³-hybridized carbons (Fsp3) is 0.238. The molecule has 0 N–H and O–H groups in total. The lowest BCUT2D eigenvalue weighted by Gasteiger charge is -2.00. The van der Waals surface area contributed by atoms with E-state index in [4.69, 9.17) is 6.42 Å². The number of aryl methyl sites for hydroxylation is 2. The number of unbranched alkanes of at least 4 members (excludes halogenated alkanes) is 1. The minimum absolute atomic E-state index is 0.901. The van der Waals surface area contributed by atoms with Crippen molar-refractivity contribution in [2.45, 2.75) is 33.1 Å². The summed E-state index contributed by atoms with van der Waals surface area (Å²) in [6.07, 6.45) is 9.02. The maximum atomic E-state index is 5.40. The van der Waals surface area contributed by atoms with E-state index in [0.29, 0.717) is 0 Å². The maximum absolute atomic E-state index is 5.40. The molecular formula is C21H20. The molecule has 2 aromatic carbocycles. The van der Waals surface area contributed by atoms with E-state index in [1.54, 1.807) is 0 Å². The van der Waals surface area contributed by atoms with Crippen LogP contribution >= 0.6 is 0 Å². The molecule has 0 nitrogen and oxygen atoms in total. The zero-order chi connectivity index (χ0) is 15.1. The zero-order valence-corrected chi connectivity index (χ0v) is 12.7. The molecule has 0 saturated heterocycles. The average Bonchev–Trinajstić information content (AvgIpc) is 2.52. The summed E-state index contributed by atoms with van der Waals surface area (Å²) in [5.74, 6) is 9.09. The monoisotopic (exact) mass is 272 g/mol. The first-order valence-corrected chi connectivity index (χ1v) is 7.41. The summed E-state index contributed by atoms with van der Waals surface area (Å²) < 4.78 is 0. The van der Waals surface area contributed by atoms with Gasteiger partial charge in [-0.15, -0.1) is 6.42 Å². The smallest absolute Gasteiger partial charge is 0.0279 e. The van der Waals surface area contributed by atoms with Crippen LogP contribution in [0.1, 0.15) is 47.6 Å². The second-order valence-electron chi connectivity index (χ2n) is 5.22. The number of hydrogen-bond donors (Lipinski definition) is 0. The lowest BCUT2D eigenvalue weighted by Crippen LogP contribution is -1.86. The SMILES string of the molecule is C#Cc1ccc(C#Cc2ccc(CCCC)cc2)c(C)c1. The predicted molar refractivity (Wildman–Crippen MR) is 90.1 cm³/mol. The van der Waals surface area contributed by atoms with Crippen LogP contribution in [0.4, 0.5) is 0 Å². The topological polar surface area (TPSA) is 0 Å². The highest BCUT2D eigenvalue weighted by Crippen LogP contribution is 2.10. The Morgan fingerprint density at radius 3 is 2.29 bits per heavy atom. The van der Waals surface area contributed by atoms with Crippen LogP contribution in [0.15, 0.2) is 42.5 Å². The van der Waals surface area contributed by atoms with Crippen molar-refractivity contribution in [2.75, 3.05) is 0 Å².